The van der Waals surface area contributed by atoms with Gasteiger partial charge < -0.3 is 19.5 Å². The second-order valence-electron chi connectivity index (χ2n) is 6.60. The highest BCUT2D eigenvalue weighted by molar-refractivity contribution is 5.77. The number of nitrogens with zero attached hydrogens (tertiary/aromatic N) is 1. The van der Waals surface area contributed by atoms with Gasteiger partial charge in [-0.05, 0) is 37.1 Å². The molecular formula is C22H27NO5. The van der Waals surface area contributed by atoms with Gasteiger partial charge in [-0.15, -0.1) is 0 Å². The summed E-state index contributed by atoms with van der Waals surface area (Å²) < 4.78 is 10.5. The molecule has 0 saturated heterocycles. The van der Waals surface area contributed by atoms with Gasteiger partial charge in [-0.25, -0.2) is 4.79 Å². The van der Waals surface area contributed by atoms with E-state index in [1.807, 2.05) is 32.0 Å². The van der Waals surface area contributed by atoms with Crippen LogP contribution in [0.2, 0.25) is 0 Å². The highest BCUT2D eigenvalue weighted by Crippen LogP contribution is 2.15. The van der Waals surface area contributed by atoms with Gasteiger partial charge in [0.05, 0.1) is 0 Å². The van der Waals surface area contributed by atoms with E-state index in [1.54, 1.807) is 29.2 Å². The molecule has 1 unspecified atom stereocenters. The van der Waals surface area contributed by atoms with E-state index < -0.39 is 12.1 Å². The molecule has 1 atom stereocenters. The second kappa shape index (κ2) is 10.5. The Bertz CT molecular complexity index is 788. The van der Waals surface area contributed by atoms with Gasteiger partial charge >= 0.3 is 5.97 Å². The molecule has 0 aliphatic carbocycles. The number of amides is 1. The number of benzene rings is 2. The normalized spacial score (nSPS) is 11.7. The van der Waals surface area contributed by atoms with Crippen molar-refractivity contribution in [3.8, 4) is 5.75 Å². The fraction of sp³-hybridized carbons (Fsp3) is 0.364. The van der Waals surface area contributed by atoms with Crippen molar-refractivity contribution in [2.75, 3.05) is 20.3 Å². The minimum Gasteiger partial charge on any atom is -0.484 e. The van der Waals surface area contributed by atoms with Crippen LogP contribution < -0.4 is 4.74 Å². The third kappa shape index (κ3) is 6.39. The number of ether oxygens (including phenoxy) is 2. The first-order chi connectivity index (χ1) is 13.4. The lowest BCUT2D eigenvalue weighted by atomic mass is 10.1. The van der Waals surface area contributed by atoms with Gasteiger partial charge in [-0.3, -0.25) is 4.79 Å². The van der Waals surface area contributed by atoms with E-state index in [0.717, 1.165) is 16.7 Å². The lowest BCUT2D eigenvalue weighted by molar-refractivity contribution is -0.148. The molecule has 28 heavy (non-hydrogen) atoms. The van der Waals surface area contributed by atoms with Crippen molar-refractivity contribution in [2.45, 2.75) is 32.9 Å². The van der Waals surface area contributed by atoms with Crippen molar-refractivity contribution in [1.82, 2.24) is 4.90 Å². The third-order valence-corrected chi connectivity index (χ3v) is 4.46. The monoisotopic (exact) mass is 385 g/mol. The molecule has 0 aliphatic rings. The van der Waals surface area contributed by atoms with Crippen LogP contribution in [0.4, 0.5) is 0 Å². The molecule has 0 aliphatic heterocycles. The fourth-order valence-corrected chi connectivity index (χ4v) is 2.85. The molecule has 0 spiro atoms. The van der Waals surface area contributed by atoms with E-state index in [9.17, 15) is 9.59 Å². The van der Waals surface area contributed by atoms with Crippen LogP contribution in [0.3, 0.4) is 0 Å². The van der Waals surface area contributed by atoms with E-state index in [1.165, 1.54) is 7.11 Å². The van der Waals surface area contributed by atoms with Crippen LogP contribution in [0, 0.1) is 6.92 Å². The summed E-state index contributed by atoms with van der Waals surface area (Å²) in [6.07, 6.45) is -0.612. The maximum absolute atomic E-state index is 12.5. The van der Waals surface area contributed by atoms with Crippen molar-refractivity contribution in [1.29, 1.82) is 0 Å². The van der Waals surface area contributed by atoms with Crippen LogP contribution in [-0.4, -0.2) is 48.2 Å². The van der Waals surface area contributed by atoms with Crippen molar-refractivity contribution in [2.24, 2.45) is 0 Å². The van der Waals surface area contributed by atoms with Crippen LogP contribution in [-0.2, 0) is 27.3 Å². The SMILES string of the molecule is CCN(Cc1cccc(C)c1)C(=O)COc1ccc(CC(OC)C(=O)O)cc1. The minimum atomic E-state index is -0.998. The van der Waals surface area contributed by atoms with Crippen molar-refractivity contribution < 1.29 is 24.2 Å². The molecule has 1 amide bonds. The number of carboxylic acid groups (broad SMARTS) is 1. The zero-order valence-corrected chi connectivity index (χ0v) is 16.6. The van der Waals surface area contributed by atoms with Gasteiger partial charge in [-0.2, -0.15) is 0 Å². The van der Waals surface area contributed by atoms with Crippen molar-refractivity contribution >= 4 is 11.9 Å². The number of hydrogen-bond donors (Lipinski definition) is 1. The zero-order valence-electron chi connectivity index (χ0n) is 16.6. The van der Waals surface area contributed by atoms with Gasteiger partial charge in [0.25, 0.3) is 5.91 Å². The molecule has 2 aromatic rings. The minimum absolute atomic E-state index is 0.0468. The first-order valence-corrected chi connectivity index (χ1v) is 9.23. The molecule has 1 N–H and O–H groups in total. The predicted molar refractivity (Wildman–Crippen MR) is 106 cm³/mol. The summed E-state index contributed by atoms with van der Waals surface area (Å²) in [7, 11) is 1.37. The maximum Gasteiger partial charge on any atom is 0.333 e. The average molecular weight is 385 g/mol. The van der Waals surface area contributed by atoms with Gasteiger partial charge in [0.2, 0.25) is 0 Å². The number of carboxylic acids is 1. The standard InChI is InChI=1S/C22H27NO5/c1-4-23(14-18-7-5-6-16(2)12-18)21(24)15-28-19-10-8-17(9-11-19)13-20(27-3)22(25)26/h5-12,20H,4,13-15H2,1-3H3,(H,25,26). The third-order valence-electron chi connectivity index (χ3n) is 4.46. The summed E-state index contributed by atoms with van der Waals surface area (Å²) in [6, 6.07) is 15.1. The summed E-state index contributed by atoms with van der Waals surface area (Å²) in [5.41, 5.74) is 3.07. The molecule has 0 radical (unpaired) electrons. The Balaban J connectivity index is 1.89. The van der Waals surface area contributed by atoms with Gasteiger partial charge in [-0.1, -0.05) is 42.0 Å². The van der Waals surface area contributed by atoms with E-state index in [2.05, 4.69) is 6.07 Å². The Morgan fingerprint density at radius 3 is 2.39 bits per heavy atom. The van der Waals surface area contributed by atoms with Crippen LogP contribution in [0.15, 0.2) is 48.5 Å². The number of aliphatic carboxylic acids is 1. The van der Waals surface area contributed by atoms with E-state index in [4.69, 9.17) is 14.6 Å². The summed E-state index contributed by atoms with van der Waals surface area (Å²) >= 11 is 0. The Morgan fingerprint density at radius 2 is 1.82 bits per heavy atom. The molecule has 0 aromatic heterocycles. The van der Waals surface area contributed by atoms with Crippen LogP contribution >= 0.6 is 0 Å². The molecule has 150 valence electrons. The fourth-order valence-electron chi connectivity index (χ4n) is 2.85. The van der Waals surface area contributed by atoms with E-state index in [-0.39, 0.29) is 18.9 Å². The van der Waals surface area contributed by atoms with Gasteiger partial charge in [0.1, 0.15) is 5.75 Å². The molecular weight excluding hydrogens is 358 g/mol. The summed E-state index contributed by atoms with van der Waals surface area (Å²) in [5.74, 6) is -0.520. The summed E-state index contributed by atoms with van der Waals surface area (Å²) in [5, 5.41) is 9.04. The number of likely N-dealkylation sites (N-methyl/N-ethyl adjacent to an activating group) is 1. The first-order valence-electron chi connectivity index (χ1n) is 9.23. The van der Waals surface area contributed by atoms with Gasteiger partial charge in [0.15, 0.2) is 12.7 Å². The van der Waals surface area contributed by atoms with Crippen LogP contribution in [0.1, 0.15) is 23.6 Å². The Morgan fingerprint density at radius 1 is 1.11 bits per heavy atom. The Labute approximate surface area is 165 Å². The Hall–Kier alpha value is -2.86. The van der Waals surface area contributed by atoms with Gasteiger partial charge in [0, 0.05) is 26.6 Å². The largest absolute Gasteiger partial charge is 0.484 e. The number of hydrogen-bond acceptors (Lipinski definition) is 4. The Kier molecular flexibility index (Phi) is 8.02. The number of methoxy groups -OCH3 is 1. The number of aryl methyl sites for hydroxylation is 1. The molecule has 0 fully saturated rings. The lowest BCUT2D eigenvalue weighted by Gasteiger charge is -2.21. The molecule has 6 heteroatoms. The molecule has 0 bridgehead atoms. The second-order valence-corrected chi connectivity index (χ2v) is 6.60. The van der Waals surface area contributed by atoms with E-state index in [0.29, 0.717) is 18.8 Å². The quantitative estimate of drug-likeness (QED) is 0.680. The average Bonchev–Trinajstić information content (AvgIpc) is 2.69. The molecule has 0 saturated carbocycles. The molecule has 2 aromatic carbocycles. The zero-order chi connectivity index (χ0) is 20.5. The number of carbonyl (C=O) groups excluding carboxylic acids is 1. The maximum atomic E-state index is 12.5. The predicted octanol–water partition coefficient (Wildman–Crippen LogP) is 3.06. The van der Waals surface area contributed by atoms with Crippen LogP contribution in [0.25, 0.3) is 0 Å². The number of carbonyl (C=O) groups is 2. The molecule has 2 rings (SSSR count). The summed E-state index contributed by atoms with van der Waals surface area (Å²) in [6.45, 7) is 5.07. The molecule has 6 nitrogen and oxygen atoms in total. The first kappa shape index (κ1) is 21.4. The smallest absolute Gasteiger partial charge is 0.333 e. The molecule has 0 heterocycles. The van der Waals surface area contributed by atoms with E-state index >= 15 is 0 Å². The number of rotatable bonds is 10. The topological polar surface area (TPSA) is 76.1 Å². The summed E-state index contributed by atoms with van der Waals surface area (Å²) in [4.78, 5) is 25.3. The highest BCUT2D eigenvalue weighted by atomic mass is 16.5. The van der Waals surface area contributed by atoms with Crippen molar-refractivity contribution in [3.63, 3.8) is 0 Å². The van der Waals surface area contributed by atoms with Crippen LogP contribution in [0.5, 0.6) is 5.75 Å². The van der Waals surface area contributed by atoms with Crippen molar-refractivity contribution in [3.05, 3.63) is 65.2 Å². The lowest BCUT2D eigenvalue weighted by Crippen LogP contribution is -2.34. The highest BCUT2D eigenvalue weighted by Gasteiger charge is 2.17.